The summed E-state index contributed by atoms with van der Waals surface area (Å²) in [6, 6.07) is 0. The van der Waals surface area contributed by atoms with Gasteiger partial charge in [-0.1, -0.05) is 24.3 Å². The van der Waals surface area contributed by atoms with Crippen LogP contribution in [0.3, 0.4) is 0 Å². The molecule has 0 aromatic carbocycles. The molecular weight excluding hydrogens is 352 g/mol. The van der Waals surface area contributed by atoms with Gasteiger partial charge in [0.15, 0.2) is 0 Å². The van der Waals surface area contributed by atoms with Crippen LogP contribution in [0.5, 0.6) is 0 Å². The van der Waals surface area contributed by atoms with E-state index in [2.05, 4.69) is 0 Å². The number of carboxylic acid groups (broad SMARTS) is 2. The molecule has 7 heteroatoms. The van der Waals surface area contributed by atoms with E-state index in [1.807, 2.05) is 24.3 Å². The maximum absolute atomic E-state index is 13.0. The molecule has 4 aliphatic rings. The smallest absolute Gasteiger partial charge is 0.320 e. The van der Waals surface area contributed by atoms with Gasteiger partial charge >= 0.3 is 23.9 Å². The monoisotopic (exact) mass is 374 g/mol. The van der Waals surface area contributed by atoms with Crippen molar-refractivity contribution in [1.29, 1.82) is 0 Å². The lowest BCUT2D eigenvalue weighted by atomic mass is 9.68. The molecule has 0 aliphatic heterocycles. The minimum absolute atomic E-state index is 0.257. The topological polar surface area (TPSA) is 118 Å². The summed E-state index contributed by atoms with van der Waals surface area (Å²) >= 11 is 0. The SMILES string of the molecule is CC1(C(=O)OC(=O)C2(C)C3C=CC(C3)C2C(=O)O)C2C=CC(C2)C1C(=O)O. The summed E-state index contributed by atoms with van der Waals surface area (Å²) in [5, 5.41) is 19.2. The van der Waals surface area contributed by atoms with Crippen LogP contribution in [-0.2, 0) is 23.9 Å². The second-order valence-electron chi connectivity index (χ2n) is 8.66. The van der Waals surface area contributed by atoms with Crippen LogP contribution in [0.15, 0.2) is 24.3 Å². The lowest BCUT2D eigenvalue weighted by Crippen LogP contribution is -2.49. The fourth-order valence-corrected chi connectivity index (χ4v) is 5.93. The van der Waals surface area contributed by atoms with E-state index >= 15 is 0 Å². The number of allylic oxidation sites excluding steroid dienone is 4. The van der Waals surface area contributed by atoms with Gasteiger partial charge in [-0.15, -0.1) is 0 Å². The molecule has 0 aromatic rings. The highest BCUT2D eigenvalue weighted by Crippen LogP contribution is 2.59. The van der Waals surface area contributed by atoms with E-state index in [0.29, 0.717) is 12.8 Å². The molecule has 0 aromatic heterocycles. The lowest BCUT2D eigenvalue weighted by molar-refractivity contribution is -0.183. The van der Waals surface area contributed by atoms with Gasteiger partial charge in [0.05, 0.1) is 22.7 Å². The normalized spacial score (nSPS) is 46.0. The highest BCUT2D eigenvalue weighted by atomic mass is 16.6. The van der Waals surface area contributed by atoms with Gasteiger partial charge in [-0.05, 0) is 50.4 Å². The van der Waals surface area contributed by atoms with Crippen LogP contribution in [0, 0.1) is 46.3 Å². The Morgan fingerprint density at radius 3 is 1.48 bits per heavy atom. The van der Waals surface area contributed by atoms with Gasteiger partial charge in [-0.2, -0.15) is 0 Å². The first-order chi connectivity index (χ1) is 12.6. The number of esters is 2. The van der Waals surface area contributed by atoms with E-state index in [4.69, 9.17) is 4.74 Å². The molecule has 0 heterocycles. The van der Waals surface area contributed by atoms with Crippen molar-refractivity contribution in [3.63, 3.8) is 0 Å². The number of carboxylic acids is 2. The third kappa shape index (κ3) is 2.14. The second-order valence-corrected chi connectivity index (χ2v) is 8.66. The number of hydrogen-bond acceptors (Lipinski definition) is 5. The summed E-state index contributed by atoms with van der Waals surface area (Å²) in [7, 11) is 0. The molecule has 2 N–H and O–H groups in total. The van der Waals surface area contributed by atoms with Crippen LogP contribution in [0.25, 0.3) is 0 Å². The zero-order chi connectivity index (χ0) is 19.7. The van der Waals surface area contributed by atoms with Gasteiger partial charge < -0.3 is 14.9 Å². The van der Waals surface area contributed by atoms with Crippen LogP contribution in [-0.4, -0.2) is 34.1 Å². The molecule has 144 valence electrons. The van der Waals surface area contributed by atoms with Crippen molar-refractivity contribution in [2.75, 3.05) is 0 Å². The average molecular weight is 374 g/mol. The molecule has 27 heavy (non-hydrogen) atoms. The summed E-state index contributed by atoms with van der Waals surface area (Å²) in [4.78, 5) is 49.4. The minimum atomic E-state index is -1.33. The number of fused-ring (bicyclic) bond motifs is 4. The predicted molar refractivity (Wildman–Crippen MR) is 91.0 cm³/mol. The molecule has 0 amide bonds. The van der Waals surface area contributed by atoms with Gasteiger partial charge in [-0.25, -0.2) is 0 Å². The summed E-state index contributed by atoms with van der Waals surface area (Å²) in [5.74, 6) is -6.92. The van der Waals surface area contributed by atoms with Crippen molar-refractivity contribution >= 4 is 23.9 Å². The predicted octanol–water partition coefficient (Wildman–Crippen LogP) is 1.88. The molecule has 2 fully saturated rings. The van der Waals surface area contributed by atoms with Crippen LogP contribution in [0.4, 0.5) is 0 Å². The van der Waals surface area contributed by atoms with E-state index in [-0.39, 0.29) is 23.7 Å². The molecule has 4 aliphatic carbocycles. The molecule has 4 rings (SSSR count). The van der Waals surface area contributed by atoms with Gasteiger partial charge in [-0.3, -0.25) is 19.2 Å². The van der Waals surface area contributed by atoms with E-state index in [9.17, 15) is 29.4 Å². The van der Waals surface area contributed by atoms with E-state index in [0.717, 1.165) is 0 Å². The van der Waals surface area contributed by atoms with Crippen LogP contribution >= 0.6 is 0 Å². The molecule has 7 nitrogen and oxygen atoms in total. The Bertz CT molecular complexity index is 745. The lowest BCUT2D eigenvalue weighted by Gasteiger charge is -2.37. The van der Waals surface area contributed by atoms with Crippen LogP contribution in [0.2, 0.25) is 0 Å². The first kappa shape index (κ1) is 17.9. The van der Waals surface area contributed by atoms with E-state index in [1.54, 1.807) is 0 Å². The largest absolute Gasteiger partial charge is 0.481 e. The van der Waals surface area contributed by atoms with Crippen molar-refractivity contribution in [2.24, 2.45) is 46.3 Å². The standard InChI is InChI=1S/C20H22O7/c1-19(11-5-3-9(7-11)13(19)15(21)22)17(25)27-18(26)20(2)12-6-4-10(8-12)14(20)16(23)24/h3-6,9-14H,7-8H2,1-2H3,(H,21,22)(H,23,24). The number of carbonyl (C=O) groups excluding carboxylic acids is 2. The number of hydrogen-bond donors (Lipinski definition) is 2. The Kier molecular flexibility index (Phi) is 3.68. The summed E-state index contributed by atoms with van der Waals surface area (Å²) < 4.78 is 5.22. The number of carbonyl (C=O) groups is 4. The number of aliphatic carboxylic acids is 2. The summed E-state index contributed by atoms with van der Waals surface area (Å²) in [5.41, 5.74) is -2.66. The first-order valence-corrected chi connectivity index (χ1v) is 9.20. The van der Waals surface area contributed by atoms with E-state index < -0.39 is 46.5 Å². The molecule has 8 atom stereocenters. The Labute approximate surface area is 156 Å². The molecule has 0 spiro atoms. The minimum Gasteiger partial charge on any atom is -0.481 e. The molecule has 0 saturated heterocycles. The maximum Gasteiger partial charge on any atom is 0.320 e. The second kappa shape index (κ2) is 5.53. The fourth-order valence-electron chi connectivity index (χ4n) is 5.93. The van der Waals surface area contributed by atoms with Gasteiger partial charge in [0.1, 0.15) is 0 Å². The summed E-state index contributed by atoms with van der Waals surface area (Å²) in [6.07, 6.45) is 8.33. The molecule has 0 radical (unpaired) electrons. The Morgan fingerprint density at radius 2 is 1.15 bits per heavy atom. The Balaban J connectivity index is 1.61. The highest BCUT2D eigenvalue weighted by Gasteiger charge is 2.65. The number of ether oxygens (including phenoxy) is 1. The zero-order valence-electron chi connectivity index (χ0n) is 15.1. The van der Waals surface area contributed by atoms with Gasteiger partial charge in [0.25, 0.3) is 0 Å². The molecular formula is C20H22O7. The van der Waals surface area contributed by atoms with Crippen molar-refractivity contribution in [3.8, 4) is 0 Å². The molecule has 4 bridgehead atoms. The Morgan fingerprint density at radius 1 is 0.778 bits per heavy atom. The van der Waals surface area contributed by atoms with Crippen LogP contribution in [0.1, 0.15) is 26.7 Å². The van der Waals surface area contributed by atoms with Gasteiger partial charge in [0.2, 0.25) is 0 Å². The third-order valence-electron chi connectivity index (χ3n) is 7.52. The van der Waals surface area contributed by atoms with Crippen molar-refractivity contribution in [1.82, 2.24) is 0 Å². The number of rotatable bonds is 4. The Hall–Kier alpha value is -2.44. The van der Waals surface area contributed by atoms with Crippen molar-refractivity contribution < 1.29 is 34.1 Å². The average Bonchev–Trinajstić information content (AvgIpc) is 3.32. The zero-order valence-corrected chi connectivity index (χ0v) is 15.1. The molecule has 8 unspecified atom stereocenters. The maximum atomic E-state index is 13.0. The van der Waals surface area contributed by atoms with Crippen LogP contribution < -0.4 is 0 Å². The third-order valence-corrected chi connectivity index (χ3v) is 7.52. The first-order valence-electron chi connectivity index (χ1n) is 9.20. The highest BCUT2D eigenvalue weighted by molar-refractivity contribution is 5.97. The van der Waals surface area contributed by atoms with Crippen molar-refractivity contribution in [2.45, 2.75) is 26.7 Å². The summed E-state index contributed by atoms with van der Waals surface area (Å²) in [6.45, 7) is 3.07. The quantitative estimate of drug-likeness (QED) is 0.438. The van der Waals surface area contributed by atoms with Crippen molar-refractivity contribution in [3.05, 3.63) is 24.3 Å². The molecule has 2 saturated carbocycles. The fraction of sp³-hybridized carbons (Fsp3) is 0.600. The van der Waals surface area contributed by atoms with E-state index in [1.165, 1.54) is 13.8 Å². The van der Waals surface area contributed by atoms with Gasteiger partial charge in [0, 0.05) is 0 Å².